The Kier molecular flexibility index (Phi) is 5.84. The van der Waals surface area contributed by atoms with E-state index >= 15 is 0 Å². The lowest BCUT2D eigenvalue weighted by Crippen LogP contribution is -2.41. The number of halogens is 3. The Morgan fingerprint density at radius 2 is 1.95 bits per heavy atom. The number of alkyl halides is 3. The molecule has 0 spiro atoms. The highest BCUT2D eigenvalue weighted by atomic mass is 19.4. The van der Waals surface area contributed by atoms with Crippen molar-refractivity contribution in [1.29, 1.82) is 5.26 Å². The van der Waals surface area contributed by atoms with Crippen molar-refractivity contribution in [1.82, 2.24) is 5.32 Å². The van der Waals surface area contributed by atoms with E-state index in [2.05, 4.69) is 0 Å². The predicted octanol–water partition coefficient (Wildman–Crippen LogP) is 2.09. The molecule has 0 aliphatic heterocycles. The van der Waals surface area contributed by atoms with Crippen LogP contribution in [0.25, 0.3) is 0 Å². The summed E-state index contributed by atoms with van der Waals surface area (Å²) in [4.78, 5) is 13.1. The average molecular weight is 285 g/mol. The third-order valence-electron chi connectivity index (χ3n) is 2.44. The first kappa shape index (κ1) is 15.8. The van der Waals surface area contributed by atoms with Gasteiger partial charge in [-0.05, 0) is 12.1 Å². The second kappa shape index (κ2) is 7.38. The van der Waals surface area contributed by atoms with Crippen LogP contribution in [0, 0.1) is 11.3 Å². The SMILES string of the molecule is N#CCCN(CC(=O)NCC(F)(F)F)c1ccccc1. The Morgan fingerprint density at radius 3 is 2.50 bits per heavy atom. The molecule has 20 heavy (non-hydrogen) atoms. The van der Waals surface area contributed by atoms with Crippen molar-refractivity contribution in [2.75, 3.05) is 24.5 Å². The van der Waals surface area contributed by atoms with Gasteiger partial charge in [0, 0.05) is 12.2 Å². The maximum Gasteiger partial charge on any atom is 0.405 e. The van der Waals surface area contributed by atoms with Crippen LogP contribution in [0.5, 0.6) is 0 Å². The van der Waals surface area contributed by atoms with Crippen molar-refractivity contribution in [3.05, 3.63) is 30.3 Å². The lowest BCUT2D eigenvalue weighted by atomic mass is 10.2. The first-order valence-electron chi connectivity index (χ1n) is 5.93. The third-order valence-corrected chi connectivity index (χ3v) is 2.44. The van der Waals surface area contributed by atoms with E-state index in [4.69, 9.17) is 5.26 Å². The molecule has 0 atom stereocenters. The van der Waals surface area contributed by atoms with Crippen LogP contribution in [-0.2, 0) is 4.79 Å². The first-order valence-corrected chi connectivity index (χ1v) is 5.93. The number of hydrogen-bond acceptors (Lipinski definition) is 3. The van der Waals surface area contributed by atoms with Gasteiger partial charge in [-0.1, -0.05) is 18.2 Å². The van der Waals surface area contributed by atoms with Gasteiger partial charge in [-0.25, -0.2) is 0 Å². The van der Waals surface area contributed by atoms with E-state index in [1.165, 1.54) is 0 Å². The van der Waals surface area contributed by atoms with E-state index in [0.717, 1.165) is 0 Å². The fraction of sp³-hybridized carbons (Fsp3) is 0.385. The summed E-state index contributed by atoms with van der Waals surface area (Å²) >= 11 is 0. The van der Waals surface area contributed by atoms with Gasteiger partial charge in [0.2, 0.25) is 5.91 Å². The Hall–Kier alpha value is -2.23. The summed E-state index contributed by atoms with van der Waals surface area (Å²) in [7, 11) is 0. The van der Waals surface area contributed by atoms with Crippen molar-refractivity contribution in [2.45, 2.75) is 12.6 Å². The maximum atomic E-state index is 12.0. The summed E-state index contributed by atoms with van der Waals surface area (Å²) in [6.07, 6.45) is -4.25. The highest BCUT2D eigenvalue weighted by Gasteiger charge is 2.27. The number of amides is 1. The van der Waals surface area contributed by atoms with Gasteiger partial charge < -0.3 is 10.2 Å². The normalized spacial score (nSPS) is 10.7. The molecule has 0 unspecified atom stereocenters. The van der Waals surface area contributed by atoms with Gasteiger partial charge >= 0.3 is 6.18 Å². The number of para-hydroxylation sites is 1. The van der Waals surface area contributed by atoms with Gasteiger partial charge in [-0.2, -0.15) is 18.4 Å². The second-order valence-corrected chi connectivity index (χ2v) is 4.06. The van der Waals surface area contributed by atoms with Crippen LogP contribution in [0.15, 0.2) is 30.3 Å². The van der Waals surface area contributed by atoms with Crippen LogP contribution >= 0.6 is 0 Å². The topological polar surface area (TPSA) is 56.1 Å². The molecule has 0 heterocycles. The van der Waals surface area contributed by atoms with Crippen molar-refractivity contribution in [2.24, 2.45) is 0 Å². The van der Waals surface area contributed by atoms with E-state index in [1.54, 1.807) is 35.2 Å². The fourth-order valence-electron chi connectivity index (χ4n) is 1.55. The molecular formula is C13H14F3N3O. The lowest BCUT2D eigenvalue weighted by molar-refractivity contribution is -0.137. The Bertz CT molecular complexity index is 468. The molecule has 0 aromatic heterocycles. The summed E-state index contributed by atoms with van der Waals surface area (Å²) < 4.78 is 36.0. The minimum atomic E-state index is -4.43. The smallest absolute Gasteiger partial charge is 0.361 e. The number of nitriles is 1. The number of carbonyl (C=O) groups is 1. The zero-order valence-electron chi connectivity index (χ0n) is 10.7. The van der Waals surface area contributed by atoms with Crippen molar-refractivity contribution in [3.63, 3.8) is 0 Å². The van der Waals surface area contributed by atoms with Crippen LogP contribution < -0.4 is 10.2 Å². The van der Waals surface area contributed by atoms with E-state index < -0.39 is 18.6 Å². The van der Waals surface area contributed by atoms with E-state index in [9.17, 15) is 18.0 Å². The molecule has 1 aromatic rings. The quantitative estimate of drug-likeness (QED) is 0.870. The number of nitrogens with one attached hydrogen (secondary N) is 1. The van der Waals surface area contributed by atoms with Crippen LogP contribution in [0.4, 0.5) is 18.9 Å². The van der Waals surface area contributed by atoms with Crippen molar-refractivity contribution in [3.8, 4) is 6.07 Å². The highest BCUT2D eigenvalue weighted by Crippen LogP contribution is 2.14. The molecule has 0 bridgehead atoms. The summed E-state index contributed by atoms with van der Waals surface area (Å²) in [5, 5.41) is 10.4. The number of carbonyl (C=O) groups excluding carboxylic acids is 1. The molecule has 1 aromatic carbocycles. The van der Waals surface area contributed by atoms with Gasteiger partial charge in [0.1, 0.15) is 6.54 Å². The molecule has 1 rings (SSSR count). The fourth-order valence-corrected chi connectivity index (χ4v) is 1.55. The molecular weight excluding hydrogens is 271 g/mol. The van der Waals surface area contributed by atoms with Gasteiger partial charge in [0.25, 0.3) is 0 Å². The van der Waals surface area contributed by atoms with Gasteiger partial charge in [0.05, 0.1) is 19.0 Å². The Labute approximate surface area is 114 Å². The number of hydrogen-bond donors (Lipinski definition) is 1. The van der Waals surface area contributed by atoms with Crippen LogP contribution in [0.1, 0.15) is 6.42 Å². The zero-order valence-corrected chi connectivity index (χ0v) is 10.7. The summed E-state index contributed by atoms with van der Waals surface area (Å²) in [5.41, 5.74) is 0.685. The van der Waals surface area contributed by atoms with Crippen LogP contribution in [0.2, 0.25) is 0 Å². The number of rotatable bonds is 6. The molecule has 108 valence electrons. The molecule has 0 radical (unpaired) electrons. The third kappa shape index (κ3) is 6.09. The van der Waals surface area contributed by atoms with Gasteiger partial charge in [-0.15, -0.1) is 0 Å². The predicted molar refractivity (Wildman–Crippen MR) is 67.9 cm³/mol. The Balaban J connectivity index is 2.62. The van der Waals surface area contributed by atoms with E-state index in [-0.39, 0.29) is 19.5 Å². The van der Waals surface area contributed by atoms with Crippen LogP contribution in [-0.4, -0.2) is 31.7 Å². The highest BCUT2D eigenvalue weighted by molar-refractivity contribution is 5.81. The molecule has 1 N–H and O–H groups in total. The second-order valence-electron chi connectivity index (χ2n) is 4.06. The molecule has 1 amide bonds. The number of benzene rings is 1. The molecule has 0 saturated heterocycles. The minimum Gasteiger partial charge on any atom is -0.361 e. The van der Waals surface area contributed by atoms with E-state index in [0.29, 0.717) is 5.69 Å². The van der Waals surface area contributed by atoms with Crippen molar-refractivity contribution < 1.29 is 18.0 Å². The lowest BCUT2D eigenvalue weighted by Gasteiger charge is -2.23. The minimum absolute atomic E-state index is 0.182. The summed E-state index contributed by atoms with van der Waals surface area (Å²) in [6, 6.07) is 10.7. The van der Waals surface area contributed by atoms with Gasteiger partial charge in [-0.3, -0.25) is 4.79 Å². The molecule has 0 fully saturated rings. The van der Waals surface area contributed by atoms with Gasteiger partial charge in [0.15, 0.2) is 0 Å². The molecule has 0 aliphatic carbocycles. The molecule has 7 heteroatoms. The summed E-state index contributed by atoms with van der Waals surface area (Å²) in [5.74, 6) is -0.732. The molecule has 0 aliphatic rings. The number of nitrogens with zero attached hydrogens (tertiary/aromatic N) is 2. The summed E-state index contributed by atoms with van der Waals surface area (Å²) in [6.45, 7) is -1.30. The zero-order chi connectivity index (χ0) is 15.0. The standard InChI is InChI=1S/C13H14F3N3O/c14-13(15,16)10-18-12(20)9-19(8-4-7-17)11-5-2-1-3-6-11/h1-3,5-6H,4,8-10H2,(H,18,20). The monoisotopic (exact) mass is 285 g/mol. The Morgan fingerprint density at radius 1 is 1.30 bits per heavy atom. The maximum absolute atomic E-state index is 12.0. The van der Waals surface area contributed by atoms with Crippen LogP contribution in [0.3, 0.4) is 0 Å². The molecule has 0 saturated carbocycles. The largest absolute Gasteiger partial charge is 0.405 e. The number of anilines is 1. The average Bonchev–Trinajstić information content (AvgIpc) is 2.41. The van der Waals surface area contributed by atoms with Crippen molar-refractivity contribution >= 4 is 11.6 Å². The first-order chi connectivity index (χ1) is 9.42. The molecule has 4 nitrogen and oxygen atoms in total. The van der Waals surface area contributed by atoms with E-state index in [1.807, 2.05) is 11.4 Å².